The van der Waals surface area contributed by atoms with Crippen LogP contribution in [0.15, 0.2) is 36.9 Å². The molecule has 138 valence electrons. The molecule has 0 heterocycles. The molecule has 1 aromatic carbocycles. The molecule has 2 aliphatic carbocycles. The van der Waals surface area contributed by atoms with Gasteiger partial charge in [0.2, 0.25) is 0 Å². The molecule has 2 saturated carbocycles. The van der Waals surface area contributed by atoms with Crippen molar-refractivity contribution < 1.29 is 4.74 Å². The van der Waals surface area contributed by atoms with E-state index in [2.05, 4.69) is 37.8 Å². The van der Waals surface area contributed by atoms with Crippen LogP contribution in [0.25, 0.3) is 0 Å². The Labute approximate surface area is 154 Å². The SMILES string of the molecule is C=CCCc1ccc(C2CCC3CC(OCCCC)CCC3C2)cc1. The first-order chi connectivity index (χ1) is 12.3. The Morgan fingerprint density at radius 1 is 1.04 bits per heavy atom. The highest BCUT2D eigenvalue weighted by Gasteiger charge is 2.36. The van der Waals surface area contributed by atoms with E-state index in [1.807, 2.05) is 6.08 Å². The minimum atomic E-state index is 0.550. The van der Waals surface area contributed by atoms with E-state index in [0.29, 0.717) is 6.10 Å². The first-order valence-electron chi connectivity index (χ1n) is 10.6. The average Bonchev–Trinajstić information content (AvgIpc) is 2.66. The summed E-state index contributed by atoms with van der Waals surface area (Å²) in [6.45, 7) is 7.04. The van der Waals surface area contributed by atoms with Crippen molar-refractivity contribution in [1.29, 1.82) is 0 Å². The monoisotopic (exact) mass is 340 g/mol. The van der Waals surface area contributed by atoms with E-state index in [4.69, 9.17) is 4.74 Å². The summed E-state index contributed by atoms with van der Waals surface area (Å²) in [5, 5.41) is 0. The molecule has 0 spiro atoms. The maximum Gasteiger partial charge on any atom is 0.0578 e. The second-order valence-electron chi connectivity index (χ2n) is 8.26. The van der Waals surface area contributed by atoms with Gasteiger partial charge in [-0.3, -0.25) is 0 Å². The Hall–Kier alpha value is -1.08. The van der Waals surface area contributed by atoms with E-state index in [0.717, 1.165) is 37.2 Å². The number of fused-ring (bicyclic) bond motifs is 1. The highest BCUT2D eigenvalue weighted by Crippen LogP contribution is 2.46. The molecule has 25 heavy (non-hydrogen) atoms. The van der Waals surface area contributed by atoms with Crippen LogP contribution in [0.1, 0.15) is 81.8 Å². The standard InChI is InChI=1S/C24H36O/c1-3-5-7-19-8-10-20(11-9-19)21-12-13-23-18-24(25-16-6-4-2)15-14-22(23)17-21/h3,8-11,21-24H,1,4-7,12-18H2,2H3. The highest BCUT2D eigenvalue weighted by molar-refractivity contribution is 5.26. The minimum Gasteiger partial charge on any atom is -0.378 e. The fourth-order valence-corrected chi connectivity index (χ4v) is 4.92. The Balaban J connectivity index is 1.49. The fourth-order valence-electron chi connectivity index (χ4n) is 4.92. The summed E-state index contributed by atoms with van der Waals surface area (Å²) in [6, 6.07) is 9.46. The van der Waals surface area contributed by atoms with E-state index in [1.165, 1.54) is 56.9 Å². The quantitative estimate of drug-likeness (QED) is 0.379. The van der Waals surface area contributed by atoms with Gasteiger partial charge in [-0.2, -0.15) is 0 Å². The van der Waals surface area contributed by atoms with Gasteiger partial charge in [0, 0.05) is 6.61 Å². The number of rotatable bonds is 8. The molecule has 1 aromatic rings. The van der Waals surface area contributed by atoms with Gasteiger partial charge in [-0.05, 0) is 86.7 Å². The van der Waals surface area contributed by atoms with Crippen molar-refractivity contribution in [3.8, 4) is 0 Å². The van der Waals surface area contributed by atoms with Crippen molar-refractivity contribution in [2.75, 3.05) is 6.61 Å². The molecule has 0 aromatic heterocycles. The van der Waals surface area contributed by atoms with Crippen molar-refractivity contribution in [2.45, 2.75) is 83.2 Å². The van der Waals surface area contributed by atoms with Crippen molar-refractivity contribution >= 4 is 0 Å². The van der Waals surface area contributed by atoms with Crippen molar-refractivity contribution in [2.24, 2.45) is 11.8 Å². The molecule has 0 saturated heterocycles. The predicted molar refractivity (Wildman–Crippen MR) is 107 cm³/mol. The van der Waals surface area contributed by atoms with Gasteiger partial charge in [-0.15, -0.1) is 6.58 Å². The molecule has 3 rings (SSSR count). The summed E-state index contributed by atoms with van der Waals surface area (Å²) in [4.78, 5) is 0. The van der Waals surface area contributed by atoms with E-state index < -0.39 is 0 Å². The van der Waals surface area contributed by atoms with E-state index in [-0.39, 0.29) is 0 Å². The molecule has 0 N–H and O–H groups in total. The van der Waals surface area contributed by atoms with E-state index in [9.17, 15) is 0 Å². The molecule has 4 unspecified atom stereocenters. The lowest BCUT2D eigenvalue weighted by Gasteiger charge is -2.42. The zero-order valence-corrected chi connectivity index (χ0v) is 16.1. The molecule has 2 fully saturated rings. The topological polar surface area (TPSA) is 9.23 Å². The third-order valence-corrected chi connectivity index (χ3v) is 6.50. The molecule has 0 aliphatic heterocycles. The third kappa shape index (κ3) is 5.20. The Morgan fingerprint density at radius 2 is 1.80 bits per heavy atom. The Bertz CT molecular complexity index is 517. The van der Waals surface area contributed by atoms with Gasteiger partial charge in [0.25, 0.3) is 0 Å². The van der Waals surface area contributed by atoms with E-state index >= 15 is 0 Å². The van der Waals surface area contributed by atoms with Crippen LogP contribution in [0.5, 0.6) is 0 Å². The molecule has 0 bridgehead atoms. The van der Waals surface area contributed by atoms with E-state index in [1.54, 1.807) is 5.56 Å². The molecule has 4 atom stereocenters. The molecule has 1 heteroatoms. The molecule has 1 nitrogen and oxygen atoms in total. The molecule has 0 amide bonds. The lowest BCUT2D eigenvalue weighted by molar-refractivity contribution is -0.0159. The minimum absolute atomic E-state index is 0.550. The number of hydrogen-bond acceptors (Lipinski definition) is 1. The summed E-state index contributed by atoms with van der Waals surface area (Å²) >= 11 is 0. The van der Waals surface area contributed by atoms with Crippen LogP contribution in [0.3, 0.4) is 0 Å². The smallest absolute Gasteiger partial charge is 0.0578 e. The maximum absolute atomic E-state index is 6.12. The van der Waals surface area contributed by atoms with Crippen LogP contribution >= 0.6 is 0 Å². The molecule has 2 aliphatic rings. The second-order valence-corrected chi connectivity index (χ2v) is 8.26. The predicted octanol–water partition coefficient (Wildman–Crippen LogP) is 6.67. The van der Waals surface area contributed by atoms with Crippen molar-refractivity contribution in [3.05, 3.63) is 48.0 Å². The van der Waals surface area contributed by atoms with Crippen LogP contribution in [0, 0.1) is 11.8 Å². The van der Waals surface area contributed by atoms with Gasteiger partial charge >= 0.3 is 0 Å². The number of allylic oxidation sites excluding steroid dienone is 1. The first-order valence-corrected chi connectivity index (χ1v) is 10.6. The normalized spacial score (nSPS) is 29.2. The average molecular weight is 341 g/mol. The highest BCUT2D eigenvalue weighted by atomic mass is 16.5. The zero-order valence-electron chi connectivity index (χ0n) is 16.1. The van der Waals surface area contributed by atoms with Gasteiger partial charge in [-0.1, -0.05) is 43.7 Å². The van der Waals surface area contributed by atoms with Crippen LogP contribution in [0.2, 0.25) is 0 Å². The van der Waals surface area contributed by atoms with Crippen molar-refractivity contribution in [1.82, 2.24) is 0 Å². The lowest BCUT2D eigenvalue weighted by atomic mass is 9.65. The number of benzene rings is 1. The number of aryl methyl sites for hydroxylation is 1. The summed E-state index contributed by atoms with van der Waals surface area (Å²) < 4.78 is 6.12. The molecular weight excluding hydrogens is 304 g/mol. The van der Waals surface area contributed by atoms with Crippen molar-refractivity contribution in [3.63, 3.8) is 0 Å². The van der Waals surface area contributed by atoms with Gasteiger partial charge in [-0.25, -0.2) is 0 Å². The fraction of sp³-hybridized carbons (Fsp3) is 0.667. The zero-order chi connectivity index (χ0) is 17.5. The van der Waals surface area contributed by atoms with Crippen LogP contribution in [0.4, 0.5) is 0 Å². The molecule has 0 radical (unpaired) electrons. The van der Waals surface area contributed by atoms with Crippen LogP contribution in [-0.2, 0) is 11.2 Å². The van der Waals surface area contributed by atoms with Crippen LogP contribution in [-0.4, -0.2) is 12.7 Å². The molecular formula is C24H36O. The summed E-state index contributed by atoms with van der Waals surface area (Å²) in [6.07, 6.45) is 15.4. The summed E-state index contributed by atoms with van der Waals surface area (Å²) in [7, 11) is 0. The van der Waals surface area contributed by atoms with Gasteiger partial charge in [0.15, 0.2) is 0 Å². The second kappa shape index (κ2) is 9.57. The van der Waals surface area contributed by atoms with Crippen LogP contribution < -0.4 is 0 Å². The number of unbranched alkanes of at least 4 members (excludes halogenated alkanes) is 1. The summed E-state index contributed by atoms with van der Waals surface area (Å²) in [5.74, 6) is 2.64. The first kappa shape index (κ1) is 18.7. The third-order valence-electron chi connectivity index (χ3n) is 6.50. The maximum atomic E-state index is 6.12. The Morgan fingerprint density at radius 3 is 2.56 bits per heavy atom. The Kier molecular flexibility index (Phi) is 7.16. The summed E-state index contributed by atoms with van der Waals surface area (Å²) in [5.41, 5.74) is 3.02. The lowest BCUT2D eigenvalue weighted by Crippen LogP contribution is -2.33. The van der Waals surface area contributed by atoms with Gasteiger partial charge in [0.05, 0.1) is 6.10 Å². The number of ether oxygens (including phenoxy) is 1. The van der Waals surface area contributed by atoms with Gasteiger partial charge in [0.1, 0.15) is 0 Å². The largest absolute Gasteiger partial charge is 0.378 e. The number of hydrogen-bond donors (Lipinski definition) is 0. The van der Waals surface area contributed by atoms with Gasteiger partial charge < -0.3 is 4.74 Å².